The van der Waals surface area contributed by atoms with Gasteiger partial charge in [0.25, 0.3) is 15.6 Å². The highest BCUT2D eigenvalue weighted by molar-refractivity contribution is 7.92. The SMILES string of the molecule is O=S(=O)(c1ccc(F)cc1)N1c2ccc(C(O)(C(F)(F)F)C(F)(F)F)cc2CC[C@H]1Cc1ccnn1Cc1ccc(F)cc1. The molecule has 0 fully saturated rings. The van der Waals surface area contributed by atoms with Crippen molar-refractivity contribution in [3.63, 3.8) is 0 Å². The van der Waals surface area contributed by atoms with Crippen molar-refractivity contribution in [2.24, 2.45) is 0 Å². The van der Waals surface area contributed by atoms with Crippen LogP contribution >= 0.6 is 0 Å². The molecule has 5 rings (SSSR count). The summed E-state index contributed by atoms with van der Waals surface area (Å²) < 4.78 is 139. The van der Waals surface area contributed by atoms with Crippen LogP contribution in [0.15, 0.2) is 83.9 Å². The fourth-order valence-electron chi connectivity index (χ4n) is 5.26. The maximum atomic E-state index is 13.9. The summed E-state index contributed by atoms with van der Waals surface area (Å²) in [6.45, 7) is 0.202. The second-order valence-electron chi connectivity index (χ2n) is 10.3. The van der Waals surface area contributed by atoms with Gasteiger partial charge in [0.2, 0.25) is 0 Å². The van der Waals surface area contributed by atoms with Crippen molar-refractivity contribution < 1.29 is 48.6 Å². The third-order valence-electron chi connectivity index (χ3n) is 7.50. The maximum Gasteiger partial charge on any atom is 0.430 e. The number of nitrogens with zero attached hydrogens (tertiary/aromatic N) is 3. The second kappa shape index (κ2) is 11.2. The Morgan fingerprint density at radius 3 is 2.02 bits per heavy atom. The predicted molar refractivity (Wildman–Crippen MR) is 142 cm³/mol. The minimum absolute atomic E-state index is 0.0256. The van der Waals surface area contributed by atoms with Crippen molar-refractivity contribution in [3.8, 4) is 0 Å². The molecule has 4 aromatic rings. The molecule has 0 spiro atoms. The monoisotopic (exact) mass is 645 g/mol. The Hall–Kier alpha value is -3.98. The van der Waals surface area contributed by atoms with Gasteiger partial charge in [-0.05, 0) is 72.5 Å². The van der Waals surface area contributed by atoms with Crippen LogP contribution in [0.5, 0.6) is 0 Å². The molecular formula is C29H23F8N3O3S. The largest absolute Gasteiger partial charge is 0.430 e. The van der Waals surface area contributed by atoms with Crippen molar-refractivity contribution in [2.75, 3.05) is 4.31 Å². The highest BCUT2D eigenvalue weighted by Gasteiger charge is 2.71. The molecule has 1 aromatic heterocycles. The van der Waals surface area contributed by atoms with Gasteiger partial charge in [0.05, 0.1) is 23.2 Å². The van der Waals surface area contributed by atoms with E-state index in [9.17, 15) is 48.6 Å². The van der Waals surface area contributed by atoms with Crippen molar-refractivity contribution in [1.82, 2.24) is 9.78 Å². The lowest BCUT2D eigenvalue weighted by molar-refractivity contribution is -0.376. The highest BCUT2D eigenvalue weighted by atomic mass is 32.2. The number of fused-ring (bicyclic) bond motifs is 1. The molecule has 0 unspecified atom stereocenters. The summed E-state index contributed by atoms with van der Waals surface area (Å²) in [6, 6.07) is 11.9. The Balaban J connectivity index is 1.58. The second-order valence-corrected chi connectivity index (χ2v) is 12.1. The van der Waals surface area contributed by atoms with Crippen molar-refractivity contribution in [3.05, 3.63) is 113 Å². The van der Waals surface area contributed by atoms with E-state index in [0.717, 1.165) is 34.6 Å². The van der Waals surface area contributed by atoms with Crippen LogP contribution in [-0.4, -0.2) is 41.7 Å². The maximum absolute atomic E-state index is 13.9. The standard InChI is InChI=1S/C29H23F8N3O3S/c30-21-5-1-18(2-6-21)17-39-23(13-14-38-39)16-24-9-3-19-15-20(27(41,28(32,33)34)29(35,36)37)4-12-26(19)40(24)44(42,43)25-10-7-22(31)8-11-25/h1-2,4-8,10-15,24,41H,3,9,16-17H2/t24-/m0/s1. The third kappa shape index (κ3) is 5.65. The van der Waals surface area contributed by atoms with Gasteiger partial charge in [-0.15, -0.1) is 0 Å². The zero-order valence-electron chi connectivity index (χ0n) is 22.4. The fourth-order valence-corrected chi connectivity index (χ4v) is 6.98. The molecule has 1 aliphatic rings. The minimum Gasteiger partial charge on any atom is -0.369 e. The number of benzene rings is 3. The lowest BCUT2D eigenvalue weighted by atomic mass is 9.87. The number of aromatic nitrogens is 2. The van der Waals surface area contributed by atoms with Gasteiger partial charge >= 0.3 is 12.4 Å². The van der Waals surface area contributed by atoms with Crippen LogP contribution in [0.2, 0.25) is 0 Å². The van der Waals surface area contributed by atoms with Gasteiger partial charge in [-0.25, -0.2) is 17.2 Å². The molecule has 6 nitrogen and oxygen atoms in total. The molecule has 1 aliphatic heterocycles. The quantitative estimate of drug-likeness (QED) is 0.241. The molecule has 234 valence electrons. The molecule has 1 N–H and O–H groups in total. The predicted octanol–water partition coefficient (Wildman–Crippen LogP) is 6.27. The summed E-state index contributed by atoms with van der Waals surface area (Å²) in [6.07, 6.45) is -10.9. The van der Waals surface area contributed by atoms with Gasteiger partial charge in [0.15, 0.2) is 0 Å². The summed E-state index contributed by atoms with van der Waals surface area (Å²) in [5.74, 6) is -1.17. The smallest absolute Gasteiger partial charge is 0.369 e. The number of rotatable bonds is 7. The van der Waals surface area contributed by atoms with Gasteiger partial charge in [0, 0.05) is 23.9 Å². The number of hydrogen-bond acceptors (Lipinski definition) is 4. The number of aryl methyl sites for hydroxylation is 1. The molecule has 2 heterocycles. The van der Waals surface area contributed by atoms with E-state index in [2.05, 4.69) is 5.10 Å². The van der Waals surface area contributed by atoms with Gasteiger partial charge in [-0.3, -0.25) is 8.99 Å². The normalized spacial score (nSPS) is 16.2. The van der Waals surface area contributed by atoms with Crippen LogP contribution in [0.1, 0.15) is 28.8 Å². The average Bonchev–Trinajstić information content (AvgIpc) is 3.38. The van der Waals surface area contributed by atoms with Crippen LogP contribution in [0.4, 0.5) is 40.8 Å². The van der Waals surface area contributed by atoms with Crippen molar-refractivity contribution in [1.29, 1.82) is 0 Å². The summed E-state index contributed by atoms with van der Waals surface area (Å²) in [5.41, 5.74) is -5.83. The van der Waals surface area contributed by atoms with E-state index < -0.39 is 51.2 Å². The topological polar surface area (TPSA) is 75.4 Å². The zero-order chi connectivity index (χ0) is 32.1. The van der Waals surface area contributed by atoms with Gasteiger partial charge in [-0.1, -0.05) is 24.3 Å². The molecule has 0 amide bonds. The Morgan fingerprint density at radius 1 is 0.841 bits per heavy atom. The third-order valence-corrected chi connectivity index (χ3v) is 9.38. The minimum atomic E-state index is -6.13. The lowest BCUT2D eigenvalue weighted by Crippen LogP contribution is -2.54. The van der Waals surface area contributed by atoms with Crippen LogP contribution in [-0.2, 0) is 35.0 Å². The Morgan fingerprint density at radius 2 is 1.43 bits per heavy atom. The first-order chi connectivity index (χ1) is 20.5. The van der Waals surface area contributed by atoms with Crippen molar-refractivity contribution >= 4 is 15.7 Å². The van der Waals surface area contributed by atoms with Gasteiger partial charge in [-0.2, -0.15) is 31.4 Å². The van der Waals surface area contributed by atoms with Crippen LogP contribution in [0, 0.1) is 11.6 Å². The van der Waals surface area contributed by atoms with Crippen molar-refractivity contribution in [2.45, 2.75) is 54.7 Å². The highest BCUT2D eigenvalue weighted by Crippen LogP contribution is 2.51. The number of anilines is 1. The molecule has 44 heavy (non-hydrogen) atoms. The van der Waals surface area contributed by atoms with Gasteiger partial charge < -0.3 is 5.11 Å². The summed E-state index contributed by atoms with van der Waals surface area (Å²) in [5, 5.41) is 14.2. The molecule has 0 radical (unpaired) electrons. The van der Waals surface area contributed by atoms with E-state index in [-0.39, 0.29) is 42.0 Å². The molecule has 0 bridgehead atoms. The molecule has 1 atom stereocenters. The molecule has 0 saturated heterocycles. The van der Waals surface area contributed by atoms with Crippen LogP contribution < -0.4 is 4.31 Å². The molecular weight excluding hydrogens is 622 g/mol. The lowest BCUT2D eigenvalue weighted by Gasteiger charge is -2.39. The van der Waals surface area contributed by atoms with Gasteiger partial charge in [0.1, 0.15) is 11.6 Å². The number of aliphatic hydroxyl groups is 1. The van der Waals surface area contributed by atoms with E-state index >= 15 is 0 Å². The number of sulfonamides is 1. The van der Waals surface area contributed by atoms with E-state index in [1.807, 2.05) is 0 Å². The summed E-state index contributed by atoms with van der Waals surface area (Å²) in [4.78, 5) is -0.359. The van der Waals surface area contributed by atoms with E-state index in [1.165, 1.54) is 18.3 Å². The van der Waals surface area contributed by atoms with E-state index in [1.54, 1.807) is 22.9 Å². The zero-order valence-corrected chi connectivity index (χ0v) is 23.3. The first-order valence-corrected chi connectivity index (χ1v) is 14.5. The first kappa shape index (κ1) is 31.4. The summed E-state index contributed by atoms with van der Waals surface area (Å²) in [7, 11) is -4.54. The molecule has 0 saturated carbocycles. The van der Waals surface area contributed by atoms with E-state index in [4.69, 9.17) is 0 Å². The number of halogens is 8. The first-order valence-electron chi connectivity index (χ1n) is 13.1. The Labute approximate surface area is 246 Å². The Kier molecular flexibility index (Phi) is 7.99. The van der Waals surface area contributed by atoms with Crippen LogP contribution in [0.25, 0.3) is 0 Å². The number of alkyl halides is 6. The Bertz CT molecular complexity index is 1740. The number of hydrogen-bond donors (Lipinski definition) is 1. The summed E-state index contributed by atoms with van der Waals surface area (Å²) >= 11 is 0. The average molecular weight is 646 g/mol. The van der Waals surface area contributed by atoms with E-state index in [0.29, 0.717) is 23.4 Å². The molecule has 0 aliphatic carbocycles. The molecule has 15 heteroatoms. The molecule has 3 aromatic carbocycles. The van der Waals surface area contributed by atoms with Crippen LogP contribution in [0.3, 0.4) is 0 Å². The fraction of sp³-hybridized carbons (Fsp3) is 0.276.